The first-order valence-corrected chi connectivity index (χ1v) is 6.32. The molecule has 5 nitrogen and oxygen atoms in total. The van der Waals surface area contributed by atoms with Gasteiger partial charge in [0.15, 0.2) is 0 Å². The Labute approximate surface area is 104 Å². The molecule has 0 radical (unpaired) electrons. The van der Waals surface area contributed by atoms with E-state index in [0.717, 1.165) is 32.6 Å². The topological polar surface area (TPSA) is 58.8 Å². The first-order valence-electron chi connectivity index (χ1n) is 6.32. The average molecular weight is 243 g/mol. The minimum atomic E-state index is -0.904. The third-order valence-electron chi connectivity index (χ3n) is 3.11. The van der Waals surface area contributed by atoms with E-state index in [9.17, 15) is 4.79 Å². The lowest BCUT2D eigenvalue weighted by atomic mass is 10.0. The van der Waals surface area contributed by atoms with Crippen LogP contribution in [-0.4, -0.2) is 67.7 Å². The van der Waals surface area contributed by atoms with E-state index in [2.05, 4.69) is 16.8 Å². The Bertz CT molecular complexity index is 256. The van der Waals surface area contributed by atoms with Crippen LogP contribution in [0.2, 0.25) is 0 Å². The quantitative estimate of drug-likeness (QED) is 0.699. The molecule has 1 heterocycles. The smallest absolute Gasteiger partial charge is 0.327 e. The van der Waals surface area contributed by atoms with Crippen molar-refractivity contribution < 1.29 is 9.53 Å². The van der Waals surface area contributed by atoms with Crippen LogP contribution in [0.1, 0.15) is 20.3 Å². The Balaban J connectivity index is 2.48. The van der Waals surface area contributed by atoms with Gasteiger partial charge in [-0.3, -0.25) is 9.69 Å². The van der Waals surface area contributed by atoms with Crippen LogP contribution in [0.5, 0.6) is 0 Å². The molecule has 1 rings (SSSR count). The molecular formula is C12H25N3O2. The summed E-state index contributed by atoms with van der Waals surface area (Å²) >= 11 is 0. The number of carbonyl (C=O) groups is 1. The summed E-state index contributed by atoms with van der Waals surface area (Å²) in [5, 5.41) is 0. The zero-order valence-electron chi connectivity index (χ0n) is 11.2. The summed E-state index contributed by atoms with van der Waals surface area (Å²) in [6.07, 6.45) is 1.12. The normalized spacial score (nSPS) is 22.8. The molecule has 1 saturated heterocycles. The van der Waals surface area contributed by atoms with Crippen molar-refractivity contribution in [3.63, 3.8) is 0 Å². The predicted octanol–water partition coefficient (Wildman–Crippen LogP) is -0.0956. The second kappa shape index (κ2) is 6.33. The first kappa shape index (κ1) is 14.4. The van der Waals surface area contributed by atoms with Crippen LogP contribution in [0.4, 0.5) is 0 Å². The molecule has 1 unspecified atom stereocenters. The minimum absolute atomic E-state index is 0.308. The van der Waals surface area contributed by atoms with Crippen molar-refractivity contribution in [3.8, 4) is 0 Å². The number of nitrogens with zero attached hydrogens (tertiary/aromatic N) is 2. The van der Waals surface area contributed by atoms with Crippen LogP contribution in [0.15, 0.2) is 0 Å². The fraction of sp³-hybridized carbons (Fsp3) is 0.917. The summed E-state index contributed by atoms with van der Waals surface area (Å²) in [6.45, 7) is 8.60. The molecule has 1 atom stereocenters. The molecule has 0 saturated carbocycles. The zero-order valence-corrected chi connectivity index (χ0v) is 11.2. The standard InChI is InChI=1S/C12H25N3O2/c1-4-17-11(16)12(2,13)10-15-7-5-6-14(3)8-9-15/h4-10,13H2,1-3H3. The van der Waals surface area contributed by atoms with Gasteiger partial charge >= 0.3 is 5.97 Å². The summed E-state index contributed by atoms with van der Waals surface area (Å²) in [7, 11) is 2.12. The van der Waals surface area contributed by atoms with Crippen molar-refractivity contribution in [2.24, 2.45) is 5.73 Å². The lowest BCUT2D eigenvalue weighted by Gasteiger charge is -2.29. The molecule has 5 heteroatoms. The Morgan fingerprint density at radius 1 is 1.35 bits per heavy atom. The number of hydrogen-bond donors (Lipinski definition) is 1. The van der Waals surface area contributed by atoms with E-state index >= 15 is 0 Å². The maximum atomic E-state index is 11.7. The van der Waals surface area contributed by atoms with Crippen molar-refractivity contribution in [1.29, 1.82) is 0 Å². The molecule has 1 aliphatic heterocycles. The van der Waals surface area contributed by atoms with Gasteiger partial charge in [0, 0.05) is 19.6 Å². The predicted molar refractivity (Wildman–Crippen MR) is 67.8 cm³/mol. The van der Waals surface area contributed by atoms with Gasteiger partial charge in [-0.05, 0) is 40.4 Å². The third-order valence-corrected chi connectivity index (χ3v) is 3.11. The molecule has 0 aromatic rings. The third kappa shape index (κ3) is 4.61. The summed E-state index contributed by atoms with van der Waals surface area (Å²) in [4.78, 5) is 16.3. The van der Waals surface area contributed by atoms with Crippen molar-refractivity contribution >= 4 is 5.97 Å². The lowest BCUT2D eigenvalue weighted by molar-refractivity contribution is -0.149. The number of carbonyl (C=O) groups excluding carboxylic acids is 1. The molecule has 0 amide bonds. The van der Waals surface area contributed by atoms with E-state index in [1.54, 1.807) is 13.8 Å². The fourth-order valence-electron chi connectivity index (χ4n) is 2.08. The Hall–Kier alpha value is -0.650. The van der Waals surface area contributed by atoms with Gasteiger partial charge in [0.05, 0.1) is 6.61 Å². The first-order chi connectivity index (χ1) is 7.95. The molecule has 0 spiro atoms. The maximum absolute atomic E-state index is 11.7. The molecule has 0 aromatic carbocycles. The summed E-state index contributed by atoms with van der Waals surface area (Å²) in [5.74, 6) is -0.308. The highest BCUT2D eigenvalue weighted by Crippen LogP contribution is 2.09. The molecule has 0 bridgehead atoms. The molecule has 2 N–H and O–H groups in total. The van der Waals surface area contributed by atoms with Crippen molar-refractivity contribution in [2.45, 2.75) is 25.8 Å². The van der Waals surface area contributed by atoms with E-state index in [0.29, 0.717) is 13.2 Å². The highest BCUT2D eigenvalue weighted by Gasteiger charge is 2.32. The minimum Gasteiger partial charge on any atom is -0.465 e. The Kier molecular flexibility index (Phi) is 5.36. The van der Waals surface area contributed by atoms with E-state index in [1.807, 2.05) is 0 Å². The van der Waals surface area contributed by atoms with E-state index in [1.165, 1.54) is 0 Å². The van der Waals surface area contributed by atoms with Gasteiger partial charge in [0.2, 0.25) is 0 Å². The number of likely N-dealkylation sites (N-methyl/N-ethyl adjacent to an activating group) is 1. The number of ether oxygens (including phenoxy) is 1. The highest BCUT2D eigenvalue weighted by molar-refractivity contribution is 5.80. The molecule has 100 valence electrons. The zero-order chi connectivity index (χ0) is 12.9. The van der Waals surface area contributed by atoms with Gasteiger partial charge < -0.3 is 15.4 Å². The highest BCUT2D eigenvalue weighted by atomic mass is 16.5. The van der Waals surface area contributed by atoms with Crippen molar-refractivity contribution in [2.75, 3.05) is 46.4 Å². The number of hydrogen-bond acceptors (Lipinski definition) is 5. The Morgan fingerprint density at radius 2 is 2.06 bits per heavy atom. The number of nitrogens with two attached hydrogens (primary N) is 1. The van der Waals surface area contributed by atoms with E-state index < -0.39 is 5.54 Å². The summed E-state index contributed by atoms with van der Waals surface area (Å²) in [6, 6.07) is 0. The molecular weight excluding hydrogens is 218 g/mol. The van der Waals surface area contributed by atoms with Crippen LogP contribution in [0.25, 0.3) is 0 Å². The maximum Gasteiger partial charge on any atom is 0.327 e. The molecule has 0 aromatic heterocycles. The average Bonchev–Trinajstić information content (AvgIpc) is 2.44. The van der Waals surface area contributed by atoms with Gasteiger partial charge in [0.25, 0.3) is 0 Å². The van der Waals surface area contributed by atoms with Crippen LogP contribution in [-0.2, 0) is 9.53 Å². The molecule has 1 fully saturated rings. The van der Waals surface area contributed by atoms with Gasteiger partial charge in [-0.25, -0.2) is 0 Å². The van der Waals surface area contributed by atoms with Gasteiger partial charge in [-0.1, -0.05) is 0 Å². The van der Waals surface area contributed by atoms with Crippen molar-refractivity contribution in [3.05, 3.63) is 0 Å². The van der Waals surface area contributed by atoms with Gasteiger partial charge in [0.1, 0.15) is 5.54 Å². The monoisotopic (exact) mass is 243 g/mol. The van der Waals surface area contributed by atoms with Crippen LogP contribution in [0.3, 0.4) is 0 Å². The van der Waals surface area contributed by atoms with Crippen LogP contribution in [0, 0.1) is 0 Å². The fourth-order valence-corrected chi connectivity index (χ4v) is 2.08. The summed E-state index contributed by atoms with van der Waals surface area (Å²) < 4.78 is 5.00. The Morgan fingerprint density at radius 3 is 2.71 bits per heavy atom. The molecule has 0 aliphatic carbocycles. The van der Waals surface area contributed by atoms with Gasteiger partial charge in [-0.2, -0.15) is 0 Å². The second-order valence-electron chi connectivity index (χ2n) is 5.07. The number of esters is 1. The van der Waals surface area contributed by atoms with E-state index in [-0.39, 0.29) is 5.97 Å². The van der Waals surface area contributed by atoms with Crippen LogP contribution < -0.4 is 5.73 Å². The van der Waals surface area contributed by atoms with Crippen molar-refractivity contribution in [1.82, 2.24) is 9.80 Å². The lowest BCUT2D eigenvalue weighted by Crippen LogP contribution is -2.55. The van der Waals surface area contributed by atoms with Gasteiger partial charge in [-0.15, -0.1) is 0 Å². The molecule has 17 heavy (non-hydrogen) atoms. The SMILES string of the molecule is CCOC(=O)C(C)(N)CN1CCCN(C)CC1. The molecule has 1 aliphatic rings. The largest absolute Gasteiger partial charge is 0.465 e. The second-order valence-corrected chi connectivity index (χ2v) is 5.07. The van der Waals surface area contributed by atoms with Crippen LogP contribution >= 0.6 is 0 Å². The number of rotatable bonds is 4. The van der Waals surface area contributed by atoms with E-state index in [4.69, 9.17) is 10.5 Å². The summed E-state index contributed by atoms with van der Waals surface area (Å²) in [5.41, 5.74) is 5.13.